The minimum absolute atomic E-state index is 0.258. The molecule has 2 unspecified atom stereocenters. The molecule has 0 saturated heterocycles. The first kappa shape index (κ1) is 17.1. The van der Waals surface area contributed by atoms with E-state index in [-0.39, 0.29) is 6.61 Å². The molecule has 0 spiro atoms. The van der Waals surface area contributed by atoms with Gasteiger partial charge in [-0.25, -0.2) is 0 Å². The van der Waals surface area contributed by atoms with Crippen LogP contribution in [0.3, 0.4) is 0 Å². The molecule has 0 bridgehead atoms. The lowest BCUT2D eigenvalue weighted by Gasteiger charge is -2.15. The van der Waals surface area contributed by atoms with E-state index < -0.39 is 16.9 Å². The summed E-state index contributed by atoms with van der Waals surface area (Å²) in [6.07, 6.45) is -0.565. The van der Waals surface area contributed by atoms with Crippen LogP contribution in [0.1, 0.15) is 18.1 Å². The van der Waals surface area contributed by atoms with Gasteiger partial charge in [0.15, 0.2) is 0 Å². The summed E-state index contributed by atoms with van der Waals surface area (Å²) in [7, 11) is -0.756. The lowest BCUT2D eigenvalue weighted by atomic mass is 10.1. The Bertz CT molecular complexity index is 437. The van der Waals surface area contributed by atoms with Crippen molar-refractivity contribution in [1.29, 1.82) is 0 Å². The maximum atomic E-state index is 11.2. The third-order valence-electron chi connectivity index (χ3n) is 2.98. The average Bonchev–Trinajstić information content (AvgIpc) is 2.44. The first-order chi connectivity index (χ1) is 9.52. The topological polar surface area (TPSA) is 58.6 Å². The normalized spacial score (nSPS) is 14.0. The van der Waals surface area contributed by atoms with Gasteiger partial charge in [-0.1, -0.05) is 19.1 Å². The Morgan fingerprint density at radius 2 is 2.15 bits per heavy atom. The predicted octanol–water partition coefficient (Wildman–Crippen LogP) is 1.40. The third kappa shape index (κ3) is 6.50. The molecule has 0 aliphatic carbocycles. The van der Waals surface area contributed by atoms with E-state index in [1.54, 1.807) is 0 Å². The molecule has 0 aromatic heterocycles. The van der Waals surface area contributed by atoms with Crippen LogP contribution in [-0.2, 0) is 10.8 Å². The number of aliphatic hydroxyl groups excluding tert-OH is 1. The highest BCUT2D eigenvalue weighted by atomic mass is 32.2. The lowest BCUT2D eigenvalue weighted by molar-refractivity contribution is 0.106. The van der Waals surface area contributed by atoms with E-state index in [0.717, 1.165) is 16.9 Å². The van der Waals surface area contributed by atoms with Crippen LogP contribution in [0.2, 0.25) is 0 Å². The second-order valence-electron chi connectivity index (χ2n) is 4.87. The van der Waals surface area contributed by atoms with Crippen molar-refractivity contribution in [1.82, 2.24) is 5.32 Å². The van der Waals surface area contributed by atoms with Crippen LogP contribution in [0.4, 0.5) is 0 Å². The van der Waals surface area contributed by atoms with Crippen molar-refractivity contribution in [2.24, 2.45) is 0 Å². The predicted molar refractivity (Wildman–Crippen MR) is 83.8 cm³/mol. The lowest BCUT2D eigenvalue weighted by Crippen LogP contribution is -2.33. The summed E-state index contributed by atoms with van der Waals surface area (Å²) < 4.78 is 16.8. The van der Waals surface area contributed by atoms with Crippen LogP contribution in [0.15, 0.2) is 18.2 Å². The Morgan fingerprint density at radius 3 is 2.85 bits per heavy atom. The van der Waals surface area contributed by atoms with E-state index in [1.807, 2.05) is 39.0 Å². The van der Waals surface area contributed by atoms with Crippen molar-refractivity contribution >= 4 is 10.8 Å². The van der Waals surface area contributed by atoms with Crippen LogP contribution in [0.5, 0.6) is 5.75 Å². The van der Waals surface area contributed by atoms with E-state index in [0.29, 0.717) is 24.6 Å². The summed E-state index contributed by atoms with van der Waals surface area (Å²) in [6.45, 7) is 7.27. The van der Waals surface area contributed by atoms with Gasteiger partial charge < -0.3 is 15.2 Å². The molecule has 2 atom stereocenters. The number of hydrogen-bond donors (Lipinski definition) is 2. The largest absolute Gasteiger partial charge is 0.491 e. The number of rotatable bonds is 9. The maximum Gasteiger partial charge on any atom is 0.122 e. The van der Waals surface area contributed by atoms with Crippen LogP contribution in [0.25, 0.3) is 0 Å². The van der Waals surface area contributed by atoms with Crippen LogP contribution in [0, 0.1) is 13.8 Å². The molecule has 1 aromatic rings. The molecular formula is C15H25NO3S. The second kappa shape index (κ2) is 9.10. The molecule has 0 fully saturated rings. The number of aryl methyl sites for hydroxylation is 2. The highest BCUT2D eigenvalue weighted by molar-refractivity contribution is 7.84. The number of benzene rings is 1. The first-order valence-corrected chi connectivity index (χ1v) is 8.45. The molecule has 0 aliphatic rings. The summed E-state index contributed by atoms with van der Waals surface area (Å²) in [4.78, 5) is 0. The Kier molecular flexibility index (Phi) is 7.80. The number of hydrogen-bond acceptors (Lipinski definition) is 4. The molecule has 2 N–H and O–H groups in total. The fourth-order valence-electron chi connectivity index (χ4n) is 1.71. The van der Waals surface area contributed by atoms with Gasteiger partial charge in [-0.15, -0.1) is 0 Å². The zero-order chi connectivity index (χ0) is 15.0. The van der Waals surface area contributed by atoms with E-state index in [2.05, 4.69) is 5.32 Å². The number of aliphatic hydroxyl groups is 1. The van der Waals surface area contributed by atoms with Gasteiger partial charge in [0.1, 0.15) is 18.5 Å². The number of nitrogens with one attached hydrogen (secondary N) is 1. The van der Waals surface area contributed by atoms with E-state index in [1.165, 1.54) is 0 Å². The molecule has 0 saturated carbocycles. The van der Waals surface area contributed by atoms with Crippen molar-refractivity contribution in [2.75, 3.05) is 31.2 Å². The SMILES string of the molecule is CCS(=O)CCNCC(O)COc1cc(C)ccc1C. The fraction of sp³-hybridized carbons (Fsp3) is 0.600. The highest BCUT2D eigenvalue weighted by Gasteiger charge is 2.07. The fourth-order valence-corrected chi connectivity index (χ4v) is 2.37. The quantitative estimate of drug-likeness (QED) is 0.677. The van der Waals surface area contributed by atoms with Crippen LogP contribution < -0.4 is 10.1 Å². The van der Waals surface area contributed by atoms with Crippen molar-refractivity contribution in [3.05, 3.63) is 29.3 Å². The maximum absolute atomic E-state index is 11.2. The molecule has 0 aliphatic heterocycles. The zero-order valence-electron chi connectivity index (χ0n) is 12.5. The van der Waals surface area contributed by atoms with Gasteiger partial charge in [0.2, 0.25) is 0 Å². The summed E-state index contributed by atoms with van der Waals surface area (Å²) >= 11 is 0. The summed E-state index contributed by atoms with van der Waals surface area (Å²) in [5.41, 5.74) is 2.20. The van der Waals surface area contributed by atoms with Gasteiger partial charge in [-0.05, 0) is 31.0 Å². The van der Waals surface area contributed by atoms with Gasteiger partial charge in [0.25, 0.3) is 0 Å². The molecule has 114 valence electrons. The molecule has 0 radical (unpaired) electrons. The highest BCUT2D eigenvalue weighted by Crippen LogP contribution is 2.19. The van der Waals surface area contributed by atoms with Gasteiger partial charge in [-0.3, -0.25) is 4.21 Å². The molecular weight excluding hydrogens is 274 g/mol. The Morgan fingerprint density at radius 1 is 1.40 bits per heavy atom. The molecule has 1 aromatic carbocycles. The standard InChI is InChI=1S/C15H25NO3S/c1-4-20(18)8-7-16-10-14(17)11-19-15-9-12(2)5-6-13(15)3/h5-6,9,14,16-17H,4,7-8,10-11H2,1-3H3. The molecule has 5 heteroatoms. The molecule has 0 amide bonds. The summed E-state index contributed by atoms with van der Waals surface area (Å²) in [6, 6.07) is 6.02. The molecule has 0 heterocycles. The van der Waals surface area contributed by atoms with Gasteiger partial charge in [0, 0.05) is 35.4 Å². The van der Waals surface area contributed by atoms with Gasteiger partial charge >= 0.3 is 0 Å². The van der Waals surface area contributed by atoms with Crippen LogP contribution >= 0.6 is 0 Å². The van der Waals surface area contributed by atoms with Crippen molar-refractivity contribution in [3.63, 3.8) is 0 Å². The molecule has 20 heavy (non-hydrogen) atoms. The minimum Gasteiger partial charge on any atom is -0.491 e. The minimum atomic E-state index is -0.756. The van der Waals surface area contributed by atoms with E-state index in [4.69, 9.17) is 4.74 Å². The van der Waals surface area contributed by atoms with Crippen molar-refractivity contribution in [2.45, 2.75) is 26.9 Å². The third-order valence-corrected chi connectivity index (χ3v) is 4.29. The second-order valence-corrected chi connectivity index (χ2v) is 6.74. The van der Waals surface area contributed by atoms with Gasteiger partial charge in [0.05, 0.1) is 0 Å². The van der Waals surface area contributed by atoms with E-state index >= 15 is 0 Å². The van der Waals surface area contributed by atoms with Crippen molar-refractivity contribution in [3.8, 4) is 5.75 Å². The summed E-state index contributed by atoms with van der Waals surface area (Å²) in [5.74, 6) is 2.12. The van der Waals surface area contributed by atoms with Crippen LogP contribution in [-0.4, -0.2) is 46.6 Å². The first-order valence-electron chi connectivity index (χ1n) is 6.96. The Balaban J connectivity index is 2.24. The monoisotopic (exact) mass is 299 g/mol. The Hall–Kier alpha value is -0.910. The molecule has 4 nitrogen and oxygen atoms in total. The zero-order valence-corrected chi connectivity index (χ0v) is 13.3. The summed E-state index contributed by atoms with van der Waals surface area (Å²) in [5, 5.41) is 12.9. The average molecular weight is 299 g/mol. The van der Waals surface area contributed by atoms with Crippen molar-refractivity contribution < 1.29 is 14.1 Å². The Labute approximate surface area is 124 Å². The van der Waals surface area contributed by atoms with E-state index in [9.17, 15) is 9.32 Å². The number of ether oxygens (including phenoxy) is 1. The smallest absolute Gasteiger partial charge is 0.122 e. The van der Waals surface area contributed by atoms with Gasteiger partial charge in [-0.2, -0.15) is 0 Å². The molecule has 1 rings (SSSR count).